The van der Waals surface area contributed by atoms with Gasteiger partial charge in [0.05, 0.1) is 6.42 Å². The van der Waals surface area contributed by atoms with Gasteiger partial charge in [0.1, 0.15) is 6.10 Å². The summed E-state index contributed by atoms with van der Waals surface area (Å²) in [5, 5.41) is 0. The summed E-state index contributed by atoms with van der Waals surface area (Å²) in [6, 6.07) is 9.07. The highest BCUT2D eigenvalue weighted by Gasteiger charge is 2.24. The molecule has 2 nitrogen and oxygen atoms in total. The molecule has 2 heteroatoms. The molecule has 0 amide bonds. The average Bonchev–Trinajstić information content (AvgIpc) is 2.49. The molecule has 1 aromatic rings. The van der Waals surface area contributed by atoms with E-state index in [1.165, 1.54) is 17.5 Å². The zero-order chi connectivity index (χ0) is 15.1. The number of benzene rings is 1. The third-order valence-corrected chi connectivity index (χ3v) is 4.27. The van der Waals surface area contributed by atoms with Crippen LogP contribution in [0.3, 0.4) is 0 Å². The molecule has 1 aliphatic rings. The molecule has 0 unspecified atom stereocenters. The number of hydrogen-bond acceptors (Lipinski definition) is 2. The van der Waals surface area contributed by atoms with Crippen molar-refractivity contribution in [1.29, 1.82) is 0 Å². The third-order valence-electron chi connectivity index (χ3n) is 4.27. The van der Waals surface area contributed by atoms with Crippen LogP contribution in [0.1, 0.15) is 62.5 Å². The fourth-order valence-electron chi connectivity index (χ4n) is 3.11. The van der Waals surface area contributed by atoms with Crippen LogP contribution in [0, 0.1) is 0 Å². The second kappa shape index (κ2) is 8.02. The normalized spacial score (nSPS) is 21.8. The maximum absolute atomic E-state index is 11.5. The van der Waals surface area contributed by atoms with E-state index in [4.69, 9.17) is 4.74 Å². The largest absolute Gasteiger partial charge is 0.462 e. The maximum atomic E-state index is 11.5. The van der Waals surface area contributed by atoms with Crippen LogP contribution < -0.4 is 0 Å². The fourth-order valence-corrected chi connectivity index (χ4v) is 3.11. The molecule has 0 spiro atoms. The van der Waals surface area contributed by atoms with Crippen LogP contribution in [0.5, 0.6) is 0 Å². The van der Waals surface area contributed by atoms with Crippen LogP contribution in [-0.2, 0) is 16.0 Å². The zero-order valence-corrected chi connectivity index (χ0v) is 13.0. The first kappa shape index (κ1) is 15.8. The van der Waals surface area contributed by atoms with Gasteiger partial charge in [-0.2, -0.15) is 0 Å². The van der Waals surface area contributed by atoms with Gasteiger partial charge < -0.3 is 4.74 Å². The molecule has 21 heavy (non-hydrogen) atoms. The number of hydrogen-bond donors (Lipinski definition) is 0. The second-order valence-corrected chi connectivity index (χ2v) is 5.95. The number of esters is 1. The molecule has 0 atom stereocenters. The molecule has 1 aromatic carbocycles. The summed E-state index contributed by atoms with van der Waals surface area (Å²) in [5.74, 6) is 0.479. The smallest absolute Gasteiger partial charge is 0.309 e. The van der Waals surface area contributed by atoms with E-state index in [0.717, 1.165) is 32.1 Å². The van der Waals surface area contributed by atoms with Crippen LogP contribution in [-0.4, -0.2) is 12.1 Å². The van der Waals surface area contributed by atoms with Crippen molar-refractivity contribution >= 4 is 5.97 Å². The summed E-state index contributed by atoms with van der Waals surface area (Å²) in [7, 11) is 0. The van der Waals surface area contributed by atoms with Crippen molar-refractivity contribution in [1.82, 2.24) is 0 Å². The summed E-state index contributed by atoms with van der Waals surface area (Å²) in [5.41, 5.74) is 2.86. The van der Waals surface area contributed by atoms with Gasteiger partial charge in [-0.25, -0.2) is 0 Å². The lowest BCUT2D eigenvalue weighted by molar-refractivity contribution is -0.149. The lowest BCUT2D eigenvalue weighted by Crippen LogP contribution is -2.23. The summed E-state index contributed by atoms with van der Waals surface area (Å²) >= 11 is 0. The van der Waals surface area contributed by atoms with E-state index in [1.807, 2.05) is 0 Å². The zero-order valence-electron chi connectivity index (χ0n) is 13.0. The minimum atomic E-state index is -0.141. The van der Waals surface area contributed by atoms with Gasteiger partial charge in [-0.1, -0.05) is 43.7 Å². The highest BCUT2D eigenvalue weighted by Crippen LogP contribution is 2.34. The van der Waals surface area contributed by atoms with Gasteiger partial charge in [-0.15, -0.1) is 6.58 Å². The fraction of sp³-hybridized carbons (Fsp3) is 0.526. The minimum absolute atomic E-state index is 0.105. The summed E-state index contributed by atoms with van der Waals surface area (Å²) in [6.07, 6.45) is 8.55. The summed E-state index contributed by atoms with van der Waals surface area (Å²) in [4.78, 5) is 11.5. The second-order valence-electron chi connectivity index (χ2n) is 5.95. The highest BCUT2D eigenvalue weighted by atomic mass is 16.5. The Bertz CT molecular complexity index is 453. The van der Waals surface area contributed by atoms with Crippen molar-refractivity contribution in [2.45, 2.75) is 63.9 Å². The summed E-state index contributed by atoms with van der Waals surface area (Å²) < 4.78 is 5.46. The van der Waals surface area contributed by atoms with Crippen LogP contribution in [0.4, 0.5) is 0 Å². The molecule has 0 aliphatic heterocycles. The van der Waals surface area contributed by atoms with E-state index >= 15 is 0 Å². The molecule has 0 bridgehead atoms. The van der Waals surface area contributed by atoms with E-state index in [2.05, 4.69) is 37.8 Å². The van der Waals surface area contributed by atoms with E-state index in [-0.39, 0.29) is 12.1 Å². The van der Waals surface area contributed by atoms with Crippen molar-refractivity contribution in [2.24, 2.45) is 0 Å². The van der Waals surface area contributed by atoms with Gasteiger partial charge >= 0.3 is 5.97 Å². The van der Waals surface area contributed by atoms with Crippen molar-refractivity contribution in [2.75, 3.05) is 0 Å². The van der Waals surface area contributed by atoms with Crippen LogP contribution in [0.2, 0.25) is 0 Å². The molecule has 0 aromatic heterocycles. The van der Waals surface area contributed by atoms with E-state index < -0.39 is 0 Å². The Kier molecular flexibility index (Phi) is 6.04. The van der Waals surface area contributed by atoms with Crippen molar-refractivity contribution < 1.29 is 9.53 Å². The first-order valence-corrected chi connectivity index (χ1v) is 8.12. The van der Waals surface area contributed by atoms with E-state index in [1.54, 1.807) is 6.08 Å². The van der Waals surface area contributed by atoms with Gasteiger partial charge in [-0.05, 0) is 49.1 Å². The Morgan fingerprint density at radius 1 is 1.24 bits per heavy atom. The number of aryl methyl sites for hydroxylation is 1. The van der Waals surface area contributed by atoms with Gasteiger partial charge in [0.15, 0.2) is 0 Å². The number of ether oxygens (including phenoxy) is 1. The van der Waals surface area contributed by atoms with E-state index in [0.29, 0.717) is 12.3 Å². The molecule has 0 radical (unpaired) electrons. The Morgan fingerprint density at radius 2 is 1.90 bits per heavy atom. The van der Waals surface area contributed by atoms with Crippen LogP contribution in [0.25, 0.3) is 0 Å². The van der Waals surface area contributed by atoms with Crippen molar-refractivity contribution in [3.05, 3.63) is 48.0 Å². The molecule has 0 saturated heterocycles. The minimum Gasteiger partial charge on any atom is -0.462 e. The Labute approximate surface area is 128 Å². The Morgan fingerprint density at radius 3 is 2.48 bits per heavy atom. The molecular weight excluding hydrogens is 260 g/mol. The number of carbonyl (C=O) groups is 1. The first-order chi connectivity index (χ1) is 10.2. The molecule has 1 saturated carbocycles. The van der Waals surface area contributed by atoms with Gasteiger partial charge in [-0.3, -0.25) is 4.79 Å². The topological polar surface area (TPSA) is 26.3 Å². The van der Waals surface area contributed by atoms with Crippen molar-refractivity contribution in [3.63, 3.8) is 0 Å². The monoisotopic (exact) mass is 286 g/mol. The standard InChI is InChI=1S/C19H26O2/c1-3-5-15-7-9-16(10-8-15)17-11-13-18(14-12-17)21-19(20)6-4-2/h4,7-10,17-18H,2-3,5-6,11-14H2,1H3. The molecule has 114 valence electrons. The van der Waals surface area contributed by atoms with E-state index in [9.17, 15) is 4.79 Å². The van der Waals surface area contributed by atoms with Crippen LogP contribution in [0.15, 0.2) is 36.9 Å². The Balaban J connectivity index is 1.83. The molecular formula is C19H26O2. The van der Waals surface area contributed by atoms with Gasteiger partial charge in [0, 0.05) is 0 Å². The SMILES string of the molecule is C=CCC(=O)OC1CCC(c2ccc(CCC)cc2)CC1. The number of carbonyl (C=O) groups excluding carboxylic acids is 1. The van der Waals surface area contributed by atoms with Gasteiger partial charge in [0.2, 0.25) is 0 Å². The average molecular weight is 286 g/mol. The van der Waals surface area contributed by atoms with Gasteiger partial charge in [0.25, 0.3) is 0 Å². The predicted molar refractivity (Wildman–Crippen MR) is 86.3 cm³/mol. The van der Waals surface area contributed by atoms with Crippen molar-refractivity contribution in [3.8, 4) is 0 Å². The lowest BCUT2D eigenvalue weighted by atomic mass is 9.82. The quantitative estimate of drug-likeness (QED) is 0.555. The van der Waals surface area contributed by atoms with Crippen LogP contribution >= 0.6 is 0 Å². The molecule has 0 N–H and O–H groups in total. The third kappa shape index (κ3) is 4.73. The molecule has 1 fully saturated rings. The Hall–Kier alpha value is -1.57. The molecule has 2 rings (SSSR count). The number of rotatable bonds is 6. The first-order valence-electron chi connectivity index (χ1n) is 8.12. The predicted octanol–water partition coefficient (Wildman–Crippen LogP) is 4.78. The molecule has 1 aliphatic carbocycles. The highest BCUT2D eigenvalue weighted by molar-refractivity contribution is 5.71. The maximum Gasteiger partial charge on any atom is 0.309 e. The summed E-state index contributed by atoms with van der Waals surface area (Å²) in [6.45, 7) is 5.78. The lowest BCUT2D eigenvalue weighted by Gasteiger charge is -2.28. The molecule has 0 heterocycles.